The summed E-state index contributed by atoms with van der Waals surface area (Å²) in [6.45, 7) is 3.67. The summed E-state index contributed by atoms with van der Waals surface area (Å²) >= 11 is 1.38. The van der Waals surface area contributed by atoms with Crippen molar-refractivity contribution in [1.29, 1.82) is 0 Å². The summed E-state index contributed by atoms with van der Waals surface area (Å²) in [6.07, 6.45) is 0. The van der Waals surface area contributed by atoms with Crippen LogP contribution in [0.2, 0.25) is 0 Å². The number of methoxy groups -OCH3 is 1. The second-order valence-corrected chi connectivity index (χ2v) is 8.84. The summed E-state index contributed by atoms with van der Waals surface area (Å²) in [6, 6.07) is 15.3. The number of benzene rings is 2. The minimum atomic E-state index is -0.701. The van der Waals surface area contributed by atoms with Crippen LogP contribution in [0, 0.1) is 13.8 Å². The number of amides is 1. The number of thiazole rings is 1. The van der Waals surface area contributed by atoms with Crippen LogP contribution in [-0.4, -0.2) is 42.7 Å². The molecule has 1 amide bonds. The fourth-order valence-corrected chi connectivity index (χ4v) is 4.53. The average molecular weight is 489 g/mol. The summed E-state index contributed by atoms with van der Waals surface area (Å²) in [5, 5.41) is 22.2. The molecule has 11 heteroatoms. The van der Waals surface area contributed by atoms with Gasteiger partial charge in [0, 0.05) is 12.1 Å². The molecule has 0 aliphatic rings. The fourth-order valence-electron chi connectivity index (χ4n) is 3.57. The van der Waals surface area contributed by atoms with Gasteiger partial charge in [-0.3, -0.25) is 9.59 Å². The zero-order chi connectivity index (χ0) is 24.7. The number of nitrogens with zero attached hydrogens (tertiary/aromatic N) is 5. The van der Waals surface area contributed by atoms with Gasteiger partial charge in [-0.15, -0.1) is 0 Å². The molecule has 0 bridgehead atoms. The lowest BCUT2D eigenvalue weighted by molar-refractivity contribution is 0.101. The molecule has 0 unspecified atom stereocenters. The second kappa shape index (κ2) is 8.69. The Morgan fingerprint density at radius 3 is 2.66 bits per heavy atom. The Bertz CT molecular complexity index is 1650. The van der Waals surface area contributed by atoms with E-state index in [2.05, 4.69) is 20.5 Å². The number of hydrogen-bond acceptors (Lipinski definition) is 8. The van der Waals surface area contributed by atoms with Gasteiger partial charge in [-0.1, -0.05) is 23.5 Å². The first-order valence-corrected chi connectivity index (χ1v) is 11.4. The second-order valence-electron chi connectivity index (χ2n) is 7.83. The number of carbonyl (C=O) groups excluding carboxylic acids is 1. The van der Waals surface area contributed by atoms with Gasteiger partial charge in [0.05, 0.1) is 28.7 Å². The van der Waals surface area contributed by atoms with Crippen molar-refractivity contribution >= 4 is 33.3 Å². The quantitative estimate of drug-likeness (QED) is 0.387. The summed E-state index contributed by atoms with van der Waals surface area (Å²) in [7, 11) is 1.60. The van der Waals surface area contributed by atoms with Crippen molar-refractivity contribution < 1.29 is 14.6 Å². The van der Waals surface area contributed by atoms with Crippen LogP contribution in [0.5, 0.6) is 11.5 Å². The van der Waals surface area contributed by atoms with Crippen molar-refractivity contribution in [3.05, 3.63) is 81.9 Å². The van der Waals surface area contributed by atoms with E-state index in [4.69, 9.17) is 4.74 Å². The SMILES string of the molecule is COc1ccc2nc(-n3nc(C)cc3NC(=O)c3nn(-c4cccc(C)c4)c(=O)cc3O)sc2c1. The monoisotopic (exact) mass is 488 g/mol. The van der Waals surface area contributed by atoms with Crippen molar-refractivity contribution in [3.8, 4) is 22.3 Å². The maximum Gasteiger partial charge on any atom is 0.281 e. The third-order valence-electron chi connectivity index (χ3n) is 5.21. The number of aromatic nitrogens is 5. The maximum atomic E-state index is 13.1. The van der Waals surface area contributed by atoms with Crippen LogP contribution in [0.15, 0.2) is 59.4 Å². The molecule has 5 rings (SSSR count). The molecule has 3 heterocycles. The van der Waals surface area contributed by atoms with E-state index in [1.165, 1.54) is 16.0 Å². The van der Waals surface area contributed by atoms with Crippen LogP contribution in [0.25, 0.3) is 21.0 Å². The summed E-state index contributed by atoms with van der Waals surface area (Å²) in [5.74, 6) is -0.171. The van der Waals surface area contributed by atoms with E-state index in [9.17, 15) is 14.7 Å². The van der Waals surface area contributed by atoms with Crippen LogP contribution in [0.3, 0.4) is 0 Å². The predicted octanol–water partition coefficient (Wildman–Crippen LogP) is 3.61. The predicted molar refractivity (Wildman–Crippen MR) is 132 cm³/mol. The Labute approximate surface area is 203 Å². The van der Waals surface area contributed by atoms with Gasteiger partial charge >= 0.3 is 0 Å². The first-order valence-electron chi connectivity index (χ1n) is 10.6. The molecule has 0 atom stereocenters. The zero-order valence-corrected chi connectivity index (χ0v) is 19.8. The number of rotatable bonds is 5. The van der Waals surface area contributed by atoms with E-state index < -0.39 is 17.2 Å². The highest BCUT2D eigenvalue weighted by Gasteiger charge is 2.20. The fraction of sp³-hybridized carbons (Fsp3) is 0.125. The molecule has 0 aliphatic heterocycles. The summed E-state index contributed by atoms with van der Waals surface area (Å²) < 4.78 is 8.76. The number of anilines is 1. The van der Waals surface area contributed by atoms with Crippen LogP contribution in [0.4, 0.5) is 5.82 Å². The van der Waals surface area contributed by atoms with Gasteiger partial charge < -0.3 is 15.2 Å². The highest BCUT2D eigenvalue weighted by molar-refractivity contribution is 7.20. The molecule has 5 aromatic rings. The third kappa shape index (κ3) is 4.24. The smallest absolute Gasteiger partial charge is 0.281 e. The van der Waals surface area contributed by atoms with Crippen LogP contribution in [0.1, 0.15) is 21.7 Å². The van der Waals surface area contributed by atoms with Gasteiger partial charge in [0.25, 0.3) is 11.5 Å². The van der Waals surface area contributed by atoms with E-state index in [0.717, 1.165) is 26.5 Å². The molecule has 0 saturated carbocycles. The number of nitrogens with one attached hydrogen (secondary N) is 1. The highest BCUT2D eigenvalue weighted by Crippen LogP contribution is 2.30. The summed E-state index contributed by atoms with van der Waals surface area (Å²) in [4.78, 5) is 30.2. The van der Waals surface area contributed by atoms with Crippen LogP contribution < -0.4 is 15.6 Å². The maximum absolute atomic E-state index is 13.1. The normalized spacial score (nSPS) is 11.1. The standard InChI is InChI=1S/C24H20N6O4S/c1-13-5-4-6-15(9-13)29-21(32)12-18(31)22(28-29)23(33)26-20-10-14(2)27-30(20)24-25-17-8-7-16(34-3)11-19(17)35-24/h4-12,31H,1-3H3,(H,26,33). The molecule has 2 aromatic carbocycles. The van der Waals surface area contributed by atoms with Gasteiger partial charge in [0.2, 0.25) is 5.13 Å². The molecule has 0 spiro atoms. The van der Waals surface area contributed by atoms with Crippen molar-refractivity contribution in [2.45, 2.75) is 13.8 Å². The Kier molecular flexibility index (Phi) is 5.53. The van der Waals surface area contributed by atoms with Gasteiger partial charge in [0.1, 0.15) is 11.6 Å². The lowest BCUT2D eigenvalue weighted by Gasteiger charge is -2.10. The third-order valence-corrected chi connectivity index (χ3v) is 6.21. The minimum absolute atomic E-state index is 0.300. The largest absolute Gasteiger partial charge is 0.505 e. The summed E-state index contributed by atoms with van der Waals surface area (Å²) in [5.41, 5.74) is 1.96. The molecule has 0 fully saturated rings. The van der Waals surface area contributed by atoms with Crippen LogP contribution in [-0.2, 0) is 0 Å². The molecule has 0 aliphatic carbocycles. The molecule has 176 valence electrons. The number of fused-ring (bicyclic) bond motifs is 1. The first-order chi connectivity index (χ1) is 16.8. The molecule has 0 saturated heterocycles. The van der Waals surface area contributed by atoms with E-state index in [1.807, 2.05) is 31.2 Å². The lowest BCUT2D eigenvalue weighted by Crippen LogP contribution is -2.25. The molecule has 0 radical (unpaired) electrons. The highest BCUT2D eigenvalue weighted by atomic mass is 32.1. The number of carbonyl (C=O) groups is 1. The molecular formula is C24H20N6O4S. The number of hydrogen-bond donors (Lipinski definition) is 2. The Morgan fingerprint density at radius 2 is 1.89 bits per heavy atom. The van der Waals surface area contributed by atoms with Gasteiger partial charge in [-0.05, 0) is 49.7 Å². The zero-order valence-electron chi connectivity index (χ0n) is 19.0. The van der Waals surface area contributed by atoms with E-state index in [1.54, 1.807) is 38.3 Å². The number of ether oxygens (including phenoxy) is 1. The molecule has 35 heavy (non-hydrogen) atoms. The topological polar surface area (TPSA) is 124 Å². The first kappa shape index (κ1) is 22.3. The van der Waals surface area contributed by atoms with Crippen molar-refractivity contribution in [2.24, 2.45) is 0 Å². The van der Waals surface area contributed by atoms with E-state index in [0.29, 0.717) is 28.1 Å². The van der Waals surface area contributed by atoms with Crippen molar-refractivity contribution in [1.82, 2.24) is 24.5 Å². The van der Waals surface area contributed by atoms with Crippen LogP contribution >= 0.6 is 11.3 Å². The lowest BCUT2D eigenvalue weighted by atomic mass is 10.2. The Morgan fingerprint density at radius 1 is 1.06 bits per heavy atom. The Hall–Kier alpha value is -4.51. The number of aromatic hydroxyl groups is 1. The molecule has 2 N–H and O–H groups in total. The molecule has 3 aromatic heterocycles. The molecule has 10 nitrogen and oxygen atoms in total. The Balaban J connectivity index is 1.51. The van der Waals surface area contributed by atoms with E-state index in [-0.39, 0.29) is 5.69 Å². The van der Waals surface area contributed by atoms with Gasteiger partial charge in [0.15, 0.2) is 11.4 Å². The van der Waals surface area contributed by atoms with E-state index >= 15 is 0 Å². The van der Waals surface area contributed by atoms with Gasteiger partial charge in [-0.25, -0.2) is 4.98 Å². The number of aryl methyl sites for hydroxylation is 2. The van der Waals surface area contributed by atoms with Crippen molar-refractivity contribution in [2.75, 3.05) is 12.4 Å². The minimum Gasteiger partial charge on any atom is -0.505 e. The van der Waals surface area contributed by atoms with Crippen molar-refractivity contribution in [3.63, 3.8) is 0 Å². The molecular weight excluding hydrogens is 468 g/mol. The van der Waals surface area contributed by atoms with Gasteiger partial charge in [-0.2, -0.15) is 19.6 Å². The average Bonchev–Trinajstić information content (AvgIpc) is 3.41.